The van der Waals surface area contributed by atoms with E-state index >= 15 is 4.39 Å². The number of carbonyl (C=O) groups excluding carboxylic acids is 1. The molecule has 4 aromatic rings. The summed E-state index contributed by atoms with van der Waals surface area (Å²) >= 11 is 0. The molecule has 3 aromatic carbocycles. The van der Waals surface area contributed by atoms with E-state index in [1.54, 1.807) is 13.0 Å². The highest BCUT2D eigenvalue weighted by Crippen LogP contribution is 2.40. The molecule has 0 N–H and O–H groups in total. The van der Waals surface area contributed by atoms with Crippen LogP contribution < -0.4 is 15.3 Å². The normalized spacial score (nSPS) is 17.9. The first-order chi connectivity index (χ1) is 20.1. The highest BCUT2D eigenvalue weighted by molar-refractivity contribution is 6.99. The van der Waals surface area contributed by atoms with Crippen molar-refractivity contribution < 1.29 is 27.6 Å². The van der Waals surface area contributed by atoms with Crippen molar-refractivity contribution in [3.8, 4) is 0 Å². The molecule has 5 rings (SSSR count). The maximum absolute atomic E-state index is 16.5. The van der Waals surface area contributed by atoms with E-state index in [0.717, 1.165) is 10.4 Å². The first kappa shape index (κ1) is 29.9. The maximum Gasteiger partial charge on any atom is 0.361 e. The molecule has 7 nitrogen and oxygen atoms in total. The highest BCUT2D eigenvalue weighted by Gasteiger charge is 2.50. The molecule has 1 saturated heterocycles. The van der Waals surface area contributed by atoms with Gasteiger partial charge in [0, 0.05) is 18.7 Å². The minimum Gasteiger partial charge on any atom is -0.461 e. The van der Waals surface area contributed by atoms with Crippen LogP contribution in [0.3, 0.4) is 0 Å². The van der Waals surface area contributed by atoms with E-state index < -0.39 is 20.1 Å². The molecule has 0 aliphatic carbocycles. The highest BCUT2D eigenvalue weighted by atomic mass is 28.4. The molecule has 2 heterocycles. The average molecular weight is 591 g/mol. The minimum absolute atomic E-state index is 0.0484. The molecule has 1 aliphatic rings. The van der Waals surface area contributed by atoms with Crippen molar-refractivity contribution in [1.29, 1.82) is 0 Å². The molecule has 1 fully saturated rings. The Hall–Kier alpha value is -3.53. The van der Waals surface area contributed by atoms with Gasteiger partial charge in [-0.1, -0.05) is 86.6 Å². The van der Waals surface area contributed by atoms with Gasteiger partial charge in [-0.15, -0.1) is 0 Å². The zero-order valence-electron chi connectivity index (χ0n) is 25.1. The number of nitrogens with zero attached hydrogens (tertiary/aromatic N) is 2. The van der Waals surface area contributed by atoms with Gasteiger partial charge in [0.05, 0.1) is 36.5 Å². The van der Waals surface area contributed by atoms with E-state index in [0.29, 0.717) is 24.3 Å². The predicted molar refractivity (Wildman–Crippen MR) is 165 cm³/mol. The summed E-state index contributed by atoms with van der Waals surface area (Å²) in [6.07, 6.45) is -0.196. The summed E-state index contributed by atoms with van der Waals surface area (Å²) in [5.41, 5.74) is 0.874. The van der Waals surface area contributed by atoms with Gasteiger partial charge in [-0.25, -0.2) is 9.18 Å². The Bertz CT molecular complexity index is 1490. The number of benzene rings is 3. The van der Waals surface area contributed by atoms with Gasteiger partial charge in [-0.3, -0.25) is 0 Å². The molecule has 0 saturated carbocycles. The smallest absolute Gasteiger partial charge is 0.361 e. The molecule has 0 amide bonds. The molecule has 222 valence electrons. The second-order valence-corrected chi connectivity index (χ2v) is 16.2. The van der Waals surface area contributed by atoms with Gasteiger partial charge in [-0.2, -0.15) is 0 Å². The largest absolute Gasteiger partial charge is 0.461 e. The Balaban J connectivity index is 1.69. The zero-order valence-corrected chi connectivity index (χ0v) is 26.1. The number of halogens is 1. The van der Waals surface area contributed by atoms with Crippen LogP contribution in [0.1, 0.15) is 57.6 Å². The second kappa shape index (κ2) is 12.0. The van der Waals surface area contributed by atoms with Gasteiger partial charge in [0.2, 0.25) is 5.58 Å². The molecule has 0 unspecified atom stereocenters. The fourth-order valence-electron chi connectivity index (χ4n) is 6.19. The Morgan fingerprint density at radius 2 is 1.60 bits per heavy atom. The number of carbonyl (C=O) groups is 1. The maximum atomic E-state index is 16.5. The number of fused-ring (bicyclic) bond motifs is 1. The molecule has 0 spiro atoms. The summed E-state index contributed by atoms with van der Waals surface area (Å²) in [5.74, 6) is -1.23. The van der Waals surface area contributed by atoms with Gasteiger partial charge in [0.1, 0.15) is 0 Å². The first-order valence-electron chi connectivity index (χ1n) is 14.5. The van der Waals surface area contributed by atoms with Crippen molar-refractivity contribution in [3.63, 3.8) is 0 Å². The van der Waals surface area contributed by atoms with Gasteiger partial charge in [-0.05, 0) is 42.2 Å². The van der Waals surface area contributed by atoms with Gasteiger partial charge in [0.15, 0.2) is 11.5 Å². The standard InChI is InChI=1S/C33H39FN2O5Si/c1-7-38-32(37)29-27-18-24(30(28(34)31(27)41-35-29)36-19-22(2)40-23(3)20-36)21-39-42(33(4,5)6,25-14-10-8-11-15-25)26-16-12-9-13-17-26/h8-18,22-23H,7,19-21H2,1-6H3/t22-,23-/m1/s1. The minimum atomic E-state index is -2.94. The third-order valence-corrected chi connectivity index (χ3v) is 12.8. The van der Waals surface area contributed by atoms with Crippen LogP contribution in [0.5, 0.6) is 0 Å². The van der Waals surface area contributed by atoms with Crippen LogP contribution in [0.4, 0.5) is 10.1 Å². The van der Waals surface area contributed by atoms with Crippen LogP contribution in [0.25, 0.3) is 11.0 Å². The lowest BCUT2D eigenvalue weighted by atomic mass is 10.1. The van der Waals surface area contributed by atoms with Crippen molar-refractivity contribution in [3.05, 3.63) is 83.8 Å². The van der Waals surface area contributed by atoms with Crippen LogP contribution >= 0.6 is 0 Å². The van der Waals surface area contributed by atoms with E-state index in [-0.39, 0.29) is 47.1 Å². The first-order valence-corrected chi connectivity index (χ1v) is 16.4. The predicted octanol–water partition coefficient (Wildman–Crippen LogP) is 5.83. The number of hydrogen-bond donors (Lipinski definition) is 0. The van der Waals surface area contributed by atoms with Crippen molar-refractivity contribution in [1.82, 2.24) is 5.16 Å². The van der Waals surface area contributed by atoms with Crippen LogP contribution in [0.15, 0.2) is 71.3 Å². The molecule has 0 bridgehead atoms. The average Bonchev–Trinajstić information content (AvgIpc) is 3.38. The molecular weight excluding hydrogens is 551 g/mol. The summed E-state index contributed by atoms with van der Waals surface area (Å²) < 4.78 is 40.3. The fourth-order valence-corrected chi connectivity index (χ4v) is 10.7. The summed E-state index contributed by atoms with van der Waals surface area (Å²) in [6, 6.07) is 22.4. The summed E-state index contributed by atoms with van der Waals surface area (Å²) in [7, 11) is -2.94. The van der Waals surface area contributed by atoms with E-state index in [1.807, 2.05) is 55.1 Å². The molecule has 9 heteroatoms. The number of aromatic nitrogens is 1. The molecule has 1 aliphatic heterocycles. The van der Waals surface area contributed by atoms with Gasteiger partial charge >= 0.3 is 5.97 Å². The Morgan fingerprint density at radius 3 is 2.12 bits per heavy atom. The van der Waals surface area contributed by atoms with Crippen molar-refractivity contribution in [2.24, 2.45) is 0 Å². The van der Waals surface area contributed by atoms with E-state index in [9.17, 15) is 4.79 Å². The van der Waals surface area contributed by atoms with Crippen molar-refractivity contribution in [2.75, 3.05) is 24.6 Å². The quantitative estimate of drug-likeness (QED) is 0.189. The third kappa shape index (κ3) is 5.48. The zero-order chi connectivity index (χ0) is 30.1. The summed E-state index contributed by atoms with van der Waals surface area (Å²) in [6.45, 7) is 13.6. The number of ether oxygens (including phenoxy) is 2. The molecule has 0 radical (unpaired) electrons. The molecule has 1 aromatic heterocycles. The third-order valence-electron chi connectivity index (χ3n) is 7.82. The molecular formula is C33H39FN2O5Si. The SMILES string of the molecule is CCOC(=O)c1noc2c(F)c(N3C[C@@H](C)O[C@H](C)C3)c(CO[Si](c3ccccc3)(c3ccccc3)C(C)(C)C)cc12. The molecule has 2 atom stereocenters. The number of anilines is 1. The lowest BCUT2D eigenvalue weighted by Crippen LogP contribution is -2.66. The summed E-state index contributed by atoms with van der Waals surface area (Å²) in [5, 5.41) is 6.15. The van der Waals surface area contributed by atoms with E-state index in [2.05, 4.69) is 50.2 Å². The second-order valence-electron chi connectivity index (χ2n) is 11.9. The van der Waals surface area contributed by atoms with Crippen LogP contribution in [0.2, 0.25) is 5.04 Å². The van der Waals surface area contributed by atoms with E-state index in [1.165, 1.54) is 0 Å². The number of morpholine rings is 1. The van der Waals surface area contributed by atoms with E-state index in [4.69, 9.17) is 18.4 Å². The van der Waals surface area contributed by atoms with Crippen molar-refractivity contribution >= 4 is 41.3 Å². The Kier molecular flexibility index (Phi) is 8.55. The lowest BCUT2D eigenvalue weighted by Gasteiger charge is -2.43. The topological polar surface area (TPSA) is 74.0 Å². The van der Waals surface area contributed by atoms with Crippen LogP contribution in [0, 0.1) is 5.82 Å². The summed E-state index contributed by atoms with van der Waals surface area (Å²) in [4.78, 5) is 14.7. The number of esters is 1. The van der Waals surface area contributed by atoms with Crippen LogP contribution in [-0.4, -0.2) is 51.3 Å². The monoisotopic (exact) mass is 590 g/mol. The Morgan fingerprint density at radius 1 is 1.02 bits per heavy atom. The fraction of sp³-hybridized carbons (Fsp3) is 0.394. The molecule has 42 heavy (non-hydrogen) atoms. The van der Waals surface area contributed by atoms with Crippen LogP contribution in [-0.2, 0) is 20.5 Å². The number of hydrogen-bond acceptors (Lipinski definition) is 7. The Labute approximate surface area is 247 Å². The number of rotatable bonds is 8. The van der Waals surface area contributed by atoms with Gasteiger partial charge < -0.3 is 23.3 Å². The van der Waals surface area contributed by atoms with Crippen molar-refractivity contribution in [2.45, 2.75) is 65.4 Å². The lowest BCUT2D eigenvalue weighted by molar-refractivity contribution is -0.00549. The van der Waals surface area contributed by atoms with Gasteiger partial charge in [0.25, 0.3) is 8.32 Å².